The first-order valence-electron chi connectivity index (χ1n) is 8.89. The van der Waals surface area contributed by atoms with Crippen molar-refractivity contribution in [2.24, 2.45) is 0 Å². The summed E-state index contributed by atoms with van der Waals surface area (Å²) in [7, 11) is 0. The third kappa shape index (κ3) is 2.83. The molecule has 0 bridgehead atoms. The second-order valence-corrected chi connectivity index (χ2v) is 6.42. The van der Waals surface area contributed by atoms with Crippen LogP contribution in [0.1, 0.15) is 0 Å². The van der Waals surface area contributed by atoms with Crippen LogP contribution in [-0.2, 0) is 0 Å². The molecule has 0 saturated heterocycles. The highest BCUT2D eigenvalue weighted by molar-refractivity contribution is 5.73. The average Bonchev–Trinajstić information content (AvgIpc) is 3.18. The summed E-state index contributed by atoms with van der Waals surface area (Å²) >= 11 is 0. The third-order valence-corrected chi connectivity index (χ3v) is 4.71. The van der Waals surface area contributed by atoms with E-state index in [4.69, 9.17) is 0 Å². The number of aromatic nitrogens is 4. The highest BCUT2D eigenvalue weighted by atomic mass is 19.1. The molecule has 0 amide bonds. The maximum absolute atomic E-state index is 14.0. The molecule has 4 aromatic heterocycles. The quantitative estimate of drug-likeness (QED) is 0.409. The summed E-state index contributed by atoms with van der Waals surface area (Å²) < 4.78 is 16.0. The minimum Gasteiger partial charge on any atom is -0.300 e. The minimum absolute atomic E-state index is 0.463. The number of hydrogen-bond acceptors (Lipinski definition) is 3. The van der Waals surface area contributed by atoms with E-state index in [1.807, 2.05) is 71.4 Å². The molecule has 5 aromatic rings. The lowest BCUT2D eigenvalue weighted by Gasteiger charge is -2.07. The molecule has 28 heavy (non-hydrogen) atoms. The summed E-state index contributed by atoms with van der Waals surface area (Å²) in [6, 6.07) is 21.2. The van der Waals surface area contributed by atoms with Crippen LogP contribution in [0.4, 0.5) is 4.39 Å². The van der Waals surface area contributed by atoms with Gasteiger partial charge in [-0.2, -0.15) is 4.39 Å². The number of hydrogen-bond donors (Lipinski definition) is 0. The number of fused-ring (bicyclic) bond motifs is 1. The molecule has 0 fully saturated rings. The zero-order chi connectivity index (χ0) is 18.9. The molecule has 0 saturated carbocycles. The molecular formula is C23H15FN4. The Labute approximate surface area is 161 Å². The van der Waals surface area contributed by atoms with Gasteiger partial charge in [0.05, 0.1) is 17.6 Å². The molecule has 0 aliphatic heterocycles. The fourth-order valence-electron chi connectivity index (χ4n) is 3.32. The lowest BCUT2D eigenvalue weighted by Crippen LogP contribution is -1.92. The first-order valence-corrected chi connectivity index (χ1v) is 8.89. The molecule has 0 atom stereocenters. The molecule has 1 aromatic carbocycles. The van der Waals surface area contributed by atoms with Gasteiger partial charge in [-0.3, -0.25) is 9.38 Å². The van der Waals surface area contributed by atoms with Gasteiger partial charge < -0.3 is 0 Å². The van der Waals surface area contributed by atoms with Gasteiger partial charge in [0, 0.05) is 35.3 Å². The van der Waals surface area contributed by atoms with Crippen LogP contribution < -0.4 is 0 Å². The van der Waals surface area contributed by atoms with E-state index in [0.29, 0.717) is 5.56 Å². The van der Waals surface area contributed by atoms with Gasteiger partial charge in [-0.25, -0.2) is 9.97 Å². The van der Waals surface area contributed by atoms with E-state index in [9.17, 15) is 4.39 Å². The van der Waals surface area contributed by atoms with E-state index < -0.39 is 5.95 Å². The van der Waals surface area contributed by atoms with E-state index in [-0.39, 0.29) is 0 Å². The first kappa shape index (κ1) is 16.3. The Morgan fingerprint density at radius 3 is 2.46 bits per heavy atom. The van der Waals surface area contributed by atoms with Crippen molar-refractivity contribution in [1.29, 1.82) is 0 Å². The molecule has 5 heteroatoms. The van der Waals surface area contributed by atoms with Gasteiger partial charge in [0.15, 0.2) is 0 Å². The smallest absolute Gasteiger partial charge is 0.220 e. The van der Waals surface area contributed by atoms with E-state index in [1.165, 1.54) is 6.20 Å². The van der Waals surface area contributed by atoms with Crippen LogP contribution in [0.5, 0.6) is 0 Å². The van der Waals surface area contributed by atoms with E-state index >= 15 is 0 Å². The Hall–Kier alpha value is -3.86. The molecule has 0 spiro atoms. The molecular weight excluding hydrogens is 351 g/mol. The highest BCUT2D eigenvalue weighted by Gasteiger charge is 2.11. The topological polar surface area (TPSA) is 43.1 Å². The van der Waals surface area contributed by atoms with Gasteiger partial charge in [-0.05, 0) is 42.0 Å². The van der Waals surface area contributed by atoms with E-state index in [1.54, 1.807) is 18.3 Å². The van der Waals surface area contributed by atoms with Crippen molar-refractivity contribution in [3.63, 3.8) is 0 Å². The van der Waals surface area contributed by atoms with Crippen LogP contribution in [0, 0.1) is 5.95 Å². The lowest BCUT2D eigenvalue weighted by molar-refractivity contribution is 0.587. The Morgan fingerprint density at radius 1 is 0.714 bits per heavy atom. The second kappa shape index (κ2) is 6.70. The SMILES string of the molecule is Fc1ncccc1-c1ccn2c(-c3ccnc(-c4ccccc4)c3)cnc2c1. The van der Waals surface area contributed by atoms with E-state index in [0.717, 1.165) is 33.7 Å². The minimum atomic E-state index is -0.486. The van der Waals surface area contributed by atoms with Crippen molar-refractivity contribution in [1.82, 2.24) is 19.4 Å². The number of benzene rings is 1. The average molecular weight is 366 g/mol. The lowest BCUT2D eigenvalue weighted by atomic mass is 10.1. The van der Waals surface area contributed by atoms with Crippen LogP contribution in [0.15, 0.2) is 91.5 Å². The summed E-state index contributed by atoms with van der Waals surface area (Å²) in [5.74, 6) is -0.486. The number of nitrogens with zero attached hydrogens (tertiary/aromatic N) is 4. The standard InChI is InChI=1S/C23H15FN4/c24-23-19(7-4-10-26-23)17-9-12-28-21(15-27-22(28)14-17)18-8-11-25-20(13-18)16-5-2-1-3-6-16/h1-15H. The predicted octanol–water partition coefficient (Wildman–Crippen LogP) is 5.26. The molecule has 0 aliphatic rings. The van der Waals surface area contributed by atoms with Gasteiger partial charge in [0.2, 0.25) is 5.95 Å². The van der Waals surface area contributed by atoms with Gasteiger partial charge in [-0.15, -0.1) is 0 Å². The number of pyridine rings is 3. The van der Waals surface area contributed by atoms with Crippen molar-refractivity contribution in [2.75, 3.05) is 0 Å². The maximum Gasteiger partial charge on any atom is 0.220 e. The molecule has 0 radical (unpaired) electrons. The van der Waals surface area contributed by atoms with Gasteiger partial charge in [0.1, 0.15) is 5.65 Å². The summed E-state index contributed by atoms with van der Waals surface area (Å²) in [6.07, 6.45) is 6.97. The molecule has 4 nitrogen and oxygen atoms in total. The van der Waals surface area contributed by atoms with Crippen LogP contribution in [-0.4, -0.2) is 19.4 Å². The van der Waals surface area contributed by atoms with E-state index in [2.05, 4.69) is 15.0 Å². The van der Waals surface area contributed by atoms with Crippen molar-refractivity contribution in [3.05, 3.63) is 97.5 Å². The van der Waals surface area contributed by atoms with Crippen molar-refractivity contribution >= 4 is 5.65 Å². The Morgan fingerprint density at radius 2 is 1.61 bits per heavy atom. The van der Waals surface area contributed by atoms with Crippen molar-refractivity contribution in [2.45, 2.75) is 0 Å². The van der Waals surface area contributed by atoms with Crippen LogP contribution in [0.3, 0.4) is 0 Å². The van der Waals surface area contributed by atoms with Gasteiger partial charge in [-0.1, -0.05) is 30.3 Å². The number of rotatable bonds is 3. The normalized spacial score (nSPS) is 11.0. The Kier molecular flexibility index (Phi) is 3.91. The fourth-order valence-corrected chi connectivity index (χ4v) is 3.32. The van der Waals surface area contributed by atoms with Crippen LogP contribution in [0.25, 0.3) is 39.3 Å². The van der Waals surface area contributed by atoms with Crippen LogP contribution in [0.2, 0.25) is 0 Å². The van der Waals surface area contributed by atoms with Gasteiger partial charge in [0.25, 0.3) is 0 Å². The molecule has 0 unspecified atom stereocenters. The second-order valence-electron chi connectivity index (χ2n) is 6.42. The highest BCUT2D eigenvalue weighted by Crippen LogP contribution is 2.28. The third-order valence-electron chi connectivity index (χ3n) is 4.71. The van der Waals surface area contributed by atoms with Crippen molar-refractivity contribution in [3.8, 4) is 33.6 Å². The molecule has 5 rings (SSSR count). The summed E-state index contributed by atoms with van der Waals surface area (Å²) in [5, 5.41) is 0. The zero-order valence-electron chi connectivity index (χ0n) is 14.8. The predicted molar refractivity (Wildman–Crippen MR) is 107 cm³/mol. The number of halogens is 1. The fraction of sp³-hybridized carbons (Fsp3) is 0. The molecule has 4 heterocycles. The Bertz CT molecular complexity index is 1280. The van der Waals surface area contributed by atoms with Crippen LogP contribution >= 0.6 is 0 Å². The summed E-state index contributed by atoms with van der Waals surface area (Å²) in [4.78, 5) is 12.7. The summed E-state index contributed by atoms with van der Waals surface area (Å²) in [5.41, 5.74) is 5.89. The molecule has 0 aliphatic carbocycles. The molecule has 134 valence electrons. The molecule has 0 N–H and O–H groups in total. The first-order chi connectivity index (χ1) is 13.8. The number of imidazole rings is 1. The zero-order valence-corrected chi connectivity index (χ0v) is 14.8. The van der Waals surface area contributed by atoms with Crippen molar-refractivity contribution < 1.29 is 4.39 Å². The summed E-state index contributed by atoms with van der Waals surface area (Å²) in [6.45, 7) is 0. The maximum atomic E-state index is 14.0. The largest absolute Gasteiger partial charge is 0.300 e. The monoisotopic (exact) mass is 366 g/mol. The van der Waals surface area contributed by atoms with Gasteiger partial charge >= 0.3 is 0 Å². The Balaban J connectivity index is 1.59.